The van der Waals surface area contributed by atoms with Gasteiger partial charge < -0.3 is 15.4 Å². The van der Waals surface area contributed by atoms with Gasteiger partial charge in [0.25, 0.3) is 11.5 Å². The lowest BCUT2D eigenvalue weighted by atomic mass is 9.90. The van der Waals surface area contributed by atoms with E-state index in [1.807, 2.05) is 13.8 Å². The van der Waals surface area contributed by atoms with Crippen molar-refractivity contribution in [3.05, 3.63) is 27.1 Å². The summed E-state index contributed by atoms with van der Waals surface area (Å²) in [5.41, 5.74) is 0.250. The molecule has 0 aliphatic rings. The van der Waals surface area contributed by atoms with Crippen molar-refractivity contribution >= 4 is 27.5 Å². The summed E-state index contributed by atoms with van der Waals surface area (Å²) in [6.45, 7) is 6.26. The molecule has 114 valence electrons. The van der Waals surface area contributed by atoms with E-state index in [0.29, 0.717) is 33.6 Å². The Labute approximate surface area is 126 Å². The van der Waals surface area contributed by atoms with Gasteiger partial charge in [0.2, 0.25) is 0 Å². The van der Waals surface area contributed by atoms with Gasteiger partial charge in [-0.25, -0.2) is 4.98 Å². The van der Waals surface area contributed by atoms with E-state index < -0.39 is 0 Å². The molecule has 21 heavy (non-hydrogen) atoms. The maximum atomic E-state index is 12.3. The Morgan fingerprint density at radius 1 is 1.52 bits per heavy atom. The summed E-state index contributed by atoms with van der Waals surface area (Å²) in [4.78, 5) is 31.8. The van der Waals surface area contributed by atoms with Crippen molar-refractivity contribution < 1.29 is 9.90 Å². The Kier molecular flexibility index (Phi) is 4.43. The minimum absolute atomic E-state index is 0.0874. The van der Waals surface area contributed by atoms with Gasteiger partial charge in [-0.15, -0.1) is 11.3 Å². The molecule has 0 radical (unpaired) electrons. The van der Waals surface area contributed by atoms with E-state index in [-0.39, 0.29) is 23.5 Å². The Morgan fingerprint density at radius 3 is 2.86 bits per heavy atom. The second-order valence-corrected chi connectivity index (χ2v) is 6.79. The van der Waals surface area contributed by atoms with Crippen LogP contribution in [0.3, 0.4) is 0 Å². The number of fused-ring (bicyclic) bond motifs is 1. The predicted octanol–water partition coefficient (Wildman–Crippen LogP) is 1.43. The van der Waals surface area contributed by atoms with Crippen molar-refractivity contribution in [3.63, 3.8) is 0 Å². The summed E-state index contributed by atoms with van der Waals surface area (Å²) in [6.07, 6.45) is 1.95. The molecule has 1 amide bonds. The van der Waals surface area contributed by atoms with E-state index in [0.717, 1.165) is 0 Å². The fourth-order valence-electron chi connectivity index (χ4n) is 2.09. The third-order valence-corrected chi connectivity index (χ3v) is 4.65. The third-order valence-electron chi connectivity index (χ3n) is 3.46. The third kappa shape index (κ3) is 3.30. The molecule has 0 spiro atoms. The number of aryl methyl sites for hydroxylation is 1. The van der Waals surface area contributed by atoms with Gasteiger partial charge in [0.1, 0.15) is 4.83 Å². The van der Waals surface area contributed by atoms with Crippen molar-refractivity contribution in [3.8, 4) is 0 Å². The molecule has 0 atom stereocenters. The van der Waals surface area contributed by atoms with Crippen LogP contribution in [0.5, 0.6) is 0 Å². The quantitative estimate of drug-likeness (QED) is 0.778. The molecule has 7 heteroatoms. The number of carbonyl (C=O) groups is 1. The fraction of sp³-hybridized carbons (Fsp3) is 0.500. The number of nitrogens with one attached hydrogen (secondary N) is 2. The van der Waals surface area contributed by atoms with Crippen LogP contribution in [0.15, 0.2) is 11.1 Å². The number of carbonyl (C=O) groups excluding carboxylic acids is 1. The van der Waals surface area contributed by atoms with Crippen LogP contribution in [0.2, 0.25) is 0 Å². The van der Waals surface area contributed by atoms with Gasteiger partial charge in [-0.1, -0.05) is 13.8 Å². The van der Waals surface area contributed by atoms with Crippen LogP contribution in [0.25, 0.3) is 10.2 Å². The predicted molar refractivity (Wildman–Crippen MR) is 82.8 cm³/mol. The number of aliphatic hydroxyl groups excluding tert-OH is 1. The van der Waals surface area contributed by atoms with Gasteiger partial charge in [-0.05, 0) is 24.3 Å². The minimum Gasteiger partial charge on any atom is -0.396 e. The van der Waals surface area contributed by atoms with Gasteiger partial charge in [0.15, 0.2) is 0 Å². The maximum absolute atomic E-state index is 12.3. The van der Waals surface area contributed by atoms with Crippen molar-refractivity contribution in [2.75, 3.05) is 13.2 Å². The average molecular weight is 309 g/mol. The number of H-pyrrole nitrogens is 1. The summed E-state index contributed by atoms with van der Waals surface area (Å²) in [7, 11) is 0. The molecule has 0 fully saturated rings. The molecule has 2 aromatic rings. The van der Waals surface area contributed by atoms with Gasteiger partial charge in [-0.2, -0.15) is 0 Å². The Hall–Kier alpha value is -1.73. The molecule has 2 heterocycles. The van der Waals surface area contributed by atoms with Crippen molar-refractivity contribution in [2.45, 2.75) is 27.2 Å². The van der Waals surface area contributed by atoms with Crippen molar-refractivity contribution in [2.24, 2.45) is 5.41 Å². The Morgan fingerprint density at radius 2 is 2.24 bits per heavy atom. The van der Waals surface area contributed by atoms with Crippen LogP contribution in [0, 0.1) is 12.3 Å². The van der Waals surface area contributed by atoms with E-state index in [2.05, 4.69) is 15.3 Å². The first-order valence-electron chi connectivity index (χ1n) is 6.71. The van der Waals surface area contributed by atoms with Crippen LogP contribution >= 0.6 is 11.3 Å². The number of rotatable bonds is 5. The molecule has 0 saturated carbocycles. The molecule has 2 aromatic heterocycles. The van der Waals surface area contributed by atoms with Gasteiger partial charge in [0.05, 0.1) is 16.6 Å². The van der Waals surface area contributed by atoms with Crippen LogP contribution in [-0.4, -0.2) is 34.1 Å². The van der Waals surface area contributed by atoms with Crippen LogP contribution in [-0.2, 0) is 0 Å². The standard InChI is InChI=1S/C14H19N3O3S/c1-8-9-11(19)16-7-17-13(9)21-10(8)12(20)15-6-14(2,3)4-5-18/h7,18H,4-6H2,1-3H3,(H,15,20)(H,16,17,19). The molecular formula is C14H19N3O3S. The molecule has 0 aliphatic heterocycles. The van der Waals surface area contributed by atoms with Crippen molar-refractivity contribution in [1.82, 2.24) is 15.3 Å². The highest BCUT2D eigenvalue weighted by Crippen LogP contribution is 2.26. The largest absolute Gasteiger partial charge is 0.396 e. The van der Waals surface area contributed by atoms with Crippen LogP contribution in [0.1, 0.15) is 35.5 Å². The summed E-state index contributed by atoms with van der Waals surface area (Å²) >= 11 is 1.22. The molecule has 0 aliphatic carbocycles. The monoisotopic (exact) mass is 309 g/mol. The van der Waals surface area contributed by atoms with Gasteiger partial charge in [0, 0.05) is 13.2 Å². The molecule has 0 unspecified atom stereocenters. The van der Waals surface area contributed by atoms with E-state index in [4.69, 9.17) is 5.11 Å². The summed E-state index contributed by atoms with van der Waals surface area (Å²) in [5.74, 6) is -0.207. The zero-order chi connectivity index (χ0) is 15.6. The highest BCUT2D eigenvalue weighted by Gasteiger charge is 2.22. The zero-order valence-electron chi connectivity index (χ0n) is 12.3. The smallest absolute Gasteiger partial charge is 0.261 e. The number of hydrogen-bond acceptors (Lipinski definition) is 5. The Balaban J connectivity index is 2.23. The molecule has 0 aromatic carbocycles. The molecular weight excluding hydrogens is 290 g/mol. The first-order valence-corrected chi connectivity index (χ1v) is 7.53. The number of nitrogens with zero attached hydrogens (tertiary/aromatic N) is 1. The highest BCUT2D eigenvalue weighted by atomic mass is 32.1. The number of aliphatic hydroxyl groups is 1. The molecule has 6 nitrogen and oxygen atoms in total. The second kappa shape index (κ2) is 5.95. The number of hydrogen-bond donors (Lipinski definition) is 3. The molecule has 3 N–H and O–H groups in total. The van der Waals surface area contributed by atoms with Gasteiger partial charge >= 0.3 is 0 Å². The number of thiophene rings is 1. The van der Waals surface area contributed by atoms with E-state index in [1.54, 1.807) is 6.92 Å². The topological polar surface area (TPSA) is 95.1 Å². The number of aromatic amines is 1. The lowest BCUT2D eigenvalue weighted by Crippen LogP contribution is -2.34. The van der Waals surface area contributed by atoms with Crippen LogP contribution < -0.4 is 10.9 Å². The molecule has 0 bridgehead atoms. The number of aromatic nitrogens is 2. The fourth-order valence-corrected chi connectivity index (χ4v) is 3.15. The first-order chi connectivity index (χ1) is 9.85. The van der Waals surface area contributed by atoms with E-state index >= 15 is 0 Å². The van der Waals surface area contributed by atoms with E-state index in [9.17, 15) is 9.59 Å². The highest BCUT2D eigenvalue weighted by molar-refractivity contribution is 7.20. The second-order valence-electron chi connectivity index (χ2n) is 5.79. The Bertz CT molecular complexity index is 718. The number of amides is 1. The minimum atomic E-state index is -0.228. The molecule has 0 saturated heterocycles. The molecule has 2 rings (SSSR count). The van der Waals surface area contributed by atoms with Crippen LogP contribution in [0.4, 0.5) is 0 Å². The van der Waals surface area contributed by atoms with Crippen molar-refractivity contribution in [1.29, 1.82) is 0 Å². The lowest BCUT2D eigenvalue weighted by molar-refractivity contribution is 0.0932. The maximum Gasteiger partial charge on any atom is 0.261 e. The van der Waals surface area contributed by atoms with E-state index in [1.165, 1.54) is 17.7 Å². The summed E-state index contributed by atoms with van der Waals surface area (Å²) in [6, 6.07) is 0. The van der Waals surface area contributed by atoms with Gasteiger partial charge in [-0.3, -0.25) is 9.59 Å². The lowest BCUT2D eigenvalue weighted by Gasteiger charge is -2.23. The SMILES string of the molecule is Cc1c(C(=O)NCC(C)(C)CCO)sc2nc[nH]c(=O)c12. The summed E-state index contributed by atoms with van der Waals surface area (Å²) < 4.78 is 0. The zero-order valence-corrected chi connectivity index (χ0v) is 13.1. The average Bonchev–Trinajstić information content (AvgIpc) is 2.75. The summed E-state index contributed by atoms with van der Waals surface area (Å²) in [5, 5.41) is 12.3. The first kappa shape index (κ1) is 15.7. The normalized spacial score (nSPS) is 11.8.